The van der Waals surface area contributed by atoms with Crippen molar-refractivity contribution in [2.75, 3.05) is 26.7 Å². The maximum absolute atomic E-state index is 3.60. The number of likely N-dealkylation sites (tertiary alicyclic amines) is 1. The molecule has 19 heavy (non-hydrogen) atoms. The average molecular weight is 260 g/mol. The summed E-state index contributed by atoms with van der Waals surface area (Å²) in [6.07, 6.45) is 7.94. The molecule has 1 aliphatic heterocycles. The molecule has 1 unspecified atom stereocenters. The smallest absolute Gasteiger partial charge is 0.0104 e. The zero-order valence-corrected chi connectivity index (χ0v) is 12.3. The molecular formula is C17H28N2. The Morgan fingerprint density at radius 3 is 2.79 bits per heavy atom. The minimum absolute atomic E-state index is 0.815. The topological polar surface area (TPSA) is 15.3 Å². The molecule has 1 heterocycles. The highest BCUT2D eigenvalue weighted by atomic mass is 15.1. The number of nitrogens with zero attached hydrogens (tertiary/aromatic N) is 1. The summed E-state index contributed by atoms with van der Waals surface area (Å²) in [7, 11) is 2.28. The molecule has 0 radical (unpaired) electrons. The van der Waals surface area contributed by atoms with Crippen molar-refractivity contribution in [1.82, 2.24) is 10.2 Å². The van der Waals surface area contributed by atoms with Gasteiger partial charge in [-0.2, -0.15) is 0 Å². The predicted octanol–water partition coefficient (Wildman–Crippen LogP) is 3.08. The minimum Gasteiger partial charge on any atom is -0.317 e. The lowest BCUT2D eigenvalue weighted by atomic mass is 10.0. The Balaban J connectivity index is 1.50. The number of benzene rings is 1. The van der Waals surface area contributed by atoms with E-state index in [1.54, 1.807) is 0 Å². The maximum atomic E-state index is 3.60. The van der Waals surface area contributed by atoms with Gasteiger partial charge in [0.05, 0.1) is 0 Å². The molecule has 1 N–H and O–H groups in total. The summed E-state index contributed by atoms with van der Waals surface area (Å²) < 4.78 is 0. The number of hydrogen-bond donors (Lipinski definition) is 1. The lowest BCUT2D eigenvalue weighted by molar-refractivity contribution is 0.175. The van der Waals surface area contributed by atoms with Crippen molar-refractivity contribution < 1.29 is 0 Å². The molecule has 2 nitrogen and oxygen atoms in total. The zero-order valence-electron chi connectivity index (χ0n) is 12.3. The third-order valence-corrected chi connectivity index (χ3v) is 4.24. The van der Waals surface area contributed by atoms with Gasteiger partial charge in [-0.15, -0.1) is 0 Å². The van der Waals surface area contributed by atoms with Gasteiger partial charge < -0.3 is 10.2 Å². The summed E-state index contributed by atoms with van der Waals surface area (Å²) >= 11 is 0. The van der Waals surface area contributed by atoms with Crippen LogP contribution in [0.25, 0.3) is 0 Å². The highest BCUT2D eigenvalue weighted by Crippen LogP contribution is 2.16. The molecule has 0 spiro atoms. The molecule has 106 valence electrons. The molecule has 1 aromatic carbocycles. The van der Waals surface area contributed by atoms with Crippen LogP contribution < -0.4 is 5.32 Å². The largest absolute Gasteiger partial charge is 0.317 e. The van der Waals surface area contributed by atoms with Gasteiger partial charge in [-0.05, 0) is 64.3 Å². The van der Waals surface area contributed by atoms with Crippen molar-refractivity contribution in [2.45, 2.75) is 44.6 Å². The van der Waals surface area contributed by atoms with E-state index in [0.29, 0.717) is 0 Å². The fraction of sp³-hybridized carbons (Fsp3) is 0.647. The first-order valence-corrected chi connectivity index (χ1v) is 7.81. The second-order valence-electron chi connectivity index (χ2n) is 5.76. The van der Waals surface area contributed by atoms with Crippen LogP contribution in [0.1, 0.15) is 37.7 Å². The van der Waals surface area contributed by atoms with E-state index in [2.05, 4.69) is 47.6 Å². The fourth-order valence-electron chi connectivity index (χ4n) is 2.96. The van der Waals surface area contributed by atoms with Crippen LogP contribution >= 0.6 is 0 Å². The lowest BCUT2D eigenvalue weighted by Gasteiger charge is -2.32. The molecule has 1 aromatic rings. The van der Waals surface area contributed by atoms with Gasteiger partial charge >= 0.3 is 0 Å². The Bertz CT molecular complexity index is 336. The predicted molar refractivity (Wildman–Crippen MR) is 82.5 cm³/mol. The van der Waals surface area contributed by atoms with E-state index in [-0.39, 0.29) is 0 Å². The van der Waals surface area contributed by atoms with Gasteiger partial charge in [-0.3, -0.25) is 0 Å². The molecule has 0 aliphatic carbocycles. The summed E-state index contributed by atoms with van der Waals surface area (Å²) in [5.74, 6) is 0. The molecule has 0 amide bonds. The van der Waals surface area contributed by atoms with Crippen LogP contribution in [-0.2, 0) is 6.42 Å². The highest BCUT2D eigenvalue weighted by molar-refractivity contribution is 5.14. The number of piperidine rings is 1. The van der Waals surface area contributed by atoms with Crippen LogP contribution in [0.4, 0.5) is 0 Å². The first-order chi connectivity index (χ1) is 9.36. The number of hydrogen-bond acceptors (Lipinski definition) is 2. The Morgan fingerprint density at radius 1 is 1.16 bits per heavy atom. The van der Waals surface area contributed by atoms with Gasteiger partial charge in [0.2, 0.25) is 0 Å². The van der Waals surface area contributed by atoms with Crippen LogP contribution in [-0.4, -0.2) is 37.6 Å². The number of rotatable bonds is 7. The second-order valence-corrected chi connectivity index (χ2v) is 5.76. The standard InChI is InChI=1S/C17H28N2/c1-19-15-6-5-11-17(19)12-14-18-13-7-10-16-8-3-2-4-9-16/h2-4,8-9,17-18H,5-7,10-15H2,1H3. The van der Waals surface area contributed by atoms with Crippen LogP contribution in [0.3, 0.4) is 0 Å². The SMILES string of the molecule is CN1CCCCC1CCNCCCc1ccccc1. The minimum atomic E-state index is 0.815. The summed E-state index contributed by atoms with van der Waals surface area (Å²) in [5, 5.41) is 3.60. The van der Waals surface area contributed by atoms with Crippen LogP contribution in [0.15, 0.2) is 30.3 Å². The Labute approximate surface area is 118 Å². The van der Waals surface area contributed by atoms with E-state index < -0.39 is 0 Å². The molecule has 1 atom stereocenters. The van der Waals surface area contributed by atoms with E-state index in [1.165, 1.54) is 57.2 Å². The van der Waals surface area contributed by atoms with Crippen molar-refractivity contribution in [1.29, 1.82) is 0 Å². The van der Waals surface area contributed by atoms with Crippen molar-refractivity contribution in [3.8, 4) is 0 Å². The van der Waals surface area contributed by atoms with E-state index in [0.717, 1.165) is 12.6 Å². The first-order valence-electron chi connectivity index (χ1n) is 7.81. The third-order valence-electron chi connectivity index (χ3n) is 4.24. The van der Waals surface area contributed by atoms with Crippen molar-refractivity contribution in [3.63, 3.8) is 0 Å². The van der Waals surface area contributed by atoms with E-state index in [1.807, 2.05) is 0 Å². The average Bonchev–Trinajstić information content (AvgIpc) is 2.45. The van der Waals surface area contributed by atoms with Crippen molar-refractivity contribution >= 4 is 0 Å². The second kappa shape index (κ2) is 8.34. The Kier molecular flexibility index (Phi) is 6.38. The normalized spacial score (nSPS) is 20.6. The first kappa shape index (κ1) is 14.5. The molecule has 2 heteroatoms. The monoisotopic (exact) mass is 260 g/mol. The van der Waals surface area contributed by atoms with Crippen LogP contribution in [0.5, 0.6) is 0 Å². The summed E-state index contributed by atoms with van der Waals surface area (Å²) in [4.78, 5) is 2.54. The van der Waals surface area contributed by atoms with Gasteiger partial charge in [-0.25, -0.2) is 0 Å². The maximum Gasteiger partial charge on any atom is 0.0104 e. The molecule has 1 saturated heterocycles. The lowest BCUT2D eigenvalue weighted by Crippen LogP contribution is -2.38. The quantitative estimate of drug-likeness (QED) is 0.758. The fourth-order valence-corrected chi connectivity index (χ4v) is 2.96. The van der Waals surface area contributed by atoms with E-state index >= 15 is 0 Å². The summed E-state index contributed by atoms with van der Waals surface area (Å²) in [6, 6.07) is 11.6. The van der Waals surface area contributed by atoms with Gasteiger partial charge in [0.15, 0.2) is 0 Å². The van der Waals surface area contributed by atoms with Crippen molar-refractivity contribution in [3.05, 3.63) is 35.9 Å². The Morgan fingerprint density at radius 2 is 2.00 bits per heavy atom. The molecule has 2 rings (SSSR count). The van der Waals surface area contributed by atoms with Crippen LogP contribution in [0, 0.1) is 0 Å². The molecule has 0 bridgehead atoms. The van der Waals surface area contributed by atoms with Gasteiger partial charge in [0.1, 0.15) is 0 Å². The number of aryl methyl sites for hydroxylation is 1. The third kappa shape index (κ3) is 5.33. The van der Waals surface area contributed by atoms with E-state index in [4.69, 9.17) is 0 Å². The van der Waals surface area contributed by atoms with Crippen LogP contribution in [0.2, 0.25) is 0 Å². The molecular weight excluding hydrogens is 232 g/mol. The molecule has 1 fully saturated rings. The van der Waals surface area contributed by atoms with Gasteiger partial charge in [-0.1, -0.05) is 36.8 Å². The molecule has 1 aliphatic rings. The Hall–Kier alpha value is -0.860. The van der Waals surface area contributed by atoms with Gasteiger partial charge in [0, 0.05) is 6.04 Å². The van der Waals surface area contributed by atoms with Crippen molar-refractivity contribution in [2.24, 2.45) is 0 Å². The highest BCUT2D eigenvalue weighted by Gasteiger charge is 2.17. The van der Waals surface area contributed by atoms with Gasteiger partial charge in [0.25, 0.3) is 0 Å². The molecule has 0 aromatic heterocycles. The zero-order chi connectivity index (χ0) is 13.3. The summed E-state index contributed by atoms with van der Waals surface area (Å²) in [5.41, 5.74) is 1.45. The molecule has 0 saturated carbocycles. The number of nitrogens with one attached hydrogen (secondary N) is 1. The summed E-state index contributed by atoms with van der Waals surface area (Å²) in [6.45, 7) is 3.60. The van der Waals surface area contributed by atoms with E-state index in [9.17, 15) is 0 Å².